The third kappa shape index (κ3) is 7.42. The normalized spacial score (nSPS) is 12.7. The lowest BCUT2D eigenvalue weighted by atomic mass is 10.0. The van der Waals surface area contributed by atoms with Gasteiger partial charge >= 0.3 is 0 Å². The van der Waals surface area contributed by atoms with Gasteiger partial charge in [-0.15, -0.1) is 0 Å². The van der Waals surface area contributed by atoms with Crippen molar-refractivity contribution in [2.75, 3.05) is 34.8 Å². The predicted molar refractivity (Wildman–Crippen MR) is 111 cm³/mol. The van der Waals surface area contributed by atoms with Crippen molar-refractivity contribution in [3.05, 3.63) is 35.9 Å². The molecular formula is C18H27FN6O3S. The zero-order chi connectivity index (χ0) is 21.6. The largest absolute Gasteiger partial charge is 0.394 e. The summed E-state index contributed by atoms with van der Waals surface area (Å²) in [5.41, 5.74) is 0.355. The fourth-order valence-corrected chi connectivity index (χ4v) is 3.18. The molecule has 0 spiro atoms. The number of nitrogens with one attached hydrogen (secondary N) is 2. The highest BCUT2D eigenvalue weighted by Crippen LogP contribution is 2.19. The molecule has 1 atom stereocenters. The predicted octanol–water partition coefficient (Wildman–Crippen LogP) is 1.84. The molecule has 1 heterocycles. The first-order valence-corrected chi connectivity index (χ1v) is 11.0. The molecule has 0 amide bonds. The highest BCUT2D eigenvalue weighted by Gasteiger charge is 2.16. The fourth-order valence-electron chi connectivity index (χ4n) is 2.76. The van der Waals surface area contributed by atoms with E-state index in [2.05, 4.69) is 25.0 Å². The molecule has 9 nitrogen and oxygen atoms in total. The summed E-state index contributed by atoms with van der Waals surface area (Å²) in [6, 6.07) is 5.97. The number of sulfonamides is 1. The van der Waals surface area contributed by atoms with Gasteiger partial charge in [-0.2, -0.15) is 15.0 Å². The Morgan fingerprint density at radius 2 is 1.83 bits per heavy atom. The Labute approximate surface area is 170 Å². The monoisotopic (exact) mass is 426 g/mol. The smallest absolute Gasteiger partial charge is 0.241 e. The minimum Gasteiger partial charge on any atom is -0.394 e. The van der Waals surface area contributed by atoms with Gasteiger partial charge in [0.1, 0.15) is 5.82 Å². The number of hydrogen-bond acceptors (Lipinski definition) is 8. The maximum absolute atomic E-state index is 14.0. The second kappa shape index (κ2) is 9.79. The highest BCUT2D eigenvalue weighted by molar-refractivity contribution is 7.91. The number of anilines is 3. The molecule has 0 bridgehead atoms. The van der Waals surface area contributed by atoms with E-state index in [0.717, 1.165) is 6.26 Å². The highest BCUT2D eigenvalue weighted by atomic mass is 32.2. The van der Waals surface area contributed by atoms with Crippen LogP contribution in [0.1, 0.15) is 26.1 Å². The van der Waals surface area contributed by atoms with Gasteiger partial charge < -0.3 is 15.3 Å². The Hall–Kier alpha value is -2.53. The van der Waals surface area contributed by atoms with Gasteiger partial charge in [0.2, 0.25) is 21.9 Å². The molecule has 1 aromatic carbocycles. The maximum Gasteiger partial charge on any atom is 0.241 e. The number of hydrogen-bond donors (Lipinski definition) is 3. The van der Waals surface area contributed by atoms with Crippen LogP contribution in [0, 0.1) is 11.7 Å². The average molecular weight is 427 g/mol. The second-order valence-corrected chi connectivity index (χ2v) is 8.98. The van der Waals surface area contributed by atoms with E-state index in [9.17, 15) is 17.9 Å². The van der Waals surface area contributed by atoms with E-state index in [1.807, 2.05) is 13.8 Å². The average Bonchev–Trinajstić information content (AvgIpc) is 2.59. The van der Waals surface area contributed by atoms with Gasteiger partial charge in [0.05, 0.1) is 31.1 Å². The molecule has 0 aliphatic carbocycles. The SMILES string of the molecule is CC(C)C[C@H](CO)Nc1nc(CN(C)c2ccccc2F)nc(NS(C)(=O)=O)n1. The minimum atomic E-state index is -3.60. The quantitative estimate of drug-likeness (QED) is 0.526. The van der Waals surface area contributed by atoms with Crippen molar-refractivity contribution in [3.8, 4) is 0 Å². The number of aliphatic hydroxyl groups excluding tert-OH is 1. The Kier molecular flexibility index (Phi) is 7.68. The van der Waals surface area contributed by atoms with E-state index in [0.29, 0.717) is 18.0 Å². The maximum atomic E-state index is 14.0. The molecule has 0 saturated heterocycles. The Morgan fingerprint density at radius 3 is 2.41 bits per heavy atom. The van der Waals surface area contributed by atoms with E-state index >= 15 is 0 Å². The first-order valence-electron chi connectivity index (χ1n) is 9.13. The van der Waals surface area contributed by atoms with Gasteiger partial charge in [-0.3, -0.25) is 4.72 Å². The van der Waals surface area contributed by atoms with Crippen LogP contribution in [0.4, 0.5) is 22.0 Å². The first kappa shape index (κ1) is 22.8. The molecular weight excluding hydrogens is 399 g/mol. The van der Waals surface area contributed by atoms with Crippen molar-refractivity contribution >= 4 is 27.6 Å². The van der Waals surface area contributed by atoms with Gasteiger partial charge in [-0.1, -0.05) is 26.0 Å². The third-order valence-electron chi connectivity index (χ3n) is 3.91. The van der Waals surface area contributed by atoms with Crippen LogP contribution < -0.4 is 14.9 Å². The van der Waals surface area contributed by atoms with Crippen LogP contribution in [0.2, 0.25) is 0 Å². The topological polar surface area (TPSA) is 120 Å². The van der Waals surface area contributed by atoms with Gasteiger partial charge in [0.15, 0.2) is 5.82 Å². The standard InChI is InChI=1S/C18H27FN6O3S/c1-12(2)9-13(11-26)20-17-21-16(22-18(23-17)24-29(4,27)28)10-25(3)15-8-6-5-7-14(15)19/h5-8,12-13,26H,9-11H2,1-4H3,(H2,20,21,22,23,24)/t13-/m1/s1. The molecule has 2 aromatic rings. The number of nitrogens with zero attached hydrogens (tertiary/aromatic N) is 4. The number of rotatable bonds is 10. The lowest BCUT2D eigenvalue weighted by Crippen LogP contribution is -2.28. The van der Waals surface area contributed by atoms with E-state index in [-0.39, 0.29) is 36.9 Å². The van der Waals surface area contributed by atoms with Crippen molar-refractivity contribution in [1.29, 1.82) is 0 Å². The lowest BCUT2D eigenvalue weighted by Gasteiger charge is -2.21. The van der Waals surface area contributed by atoms with Crippen LogP contribution in [0.5, 0.6) is 0 Å². The molecule has 3 N–H and O–H groups in total. The van der Waals surface area contributed by atoms with Crippen LogP contribution in [-0.4, -0.2) is 54.4 Å². The molecule has 11 heteroatoms. The molecule has 1 aromatic heterocycles. The van der Waals surface area contributed by atoms with Gasteiger partial charge in [0, 0.05) is 7.05 Å². The molecule has 0 fully saturated rings. The number of aromatic nitrogens is 3. The van der Waals surface area contributed by atoms with Gasteiger partial charge in [-0.25, -0.2) is 12.8 Å². The van der Waals surface area contributed by atoms with E-state index in [1.165, 1.54) is 6.07 Å². The van der Waals surface area contributed by atoms with E-state index in [1.54, 1.807) is 30.1 Å². The zero-order valence-electron chi connectivity index (χ0n) is 16.9. The summed E-state index contributed by atoms with van der Waals surface area (Å²) < 4.78 is 39.5. The third-order valence-corrected chi connectivity index (χ3v) is 4.46. The first-order chi connectivity index (χ1) is 13.6. The number of benzene rings is 1. The summed E-state index contributed by atoms with van der Waals surface area (Å²) in [5, 5.41) is 12.6. The molecule has 29 heavy (non-hydrogen) atoms. The molecule has 2 rings (SSSR count). The van der Waals surface area contributed by atoms with Crippen molar-refractivity contribution in [3.63, 3.8) is 0 Å². The van der Waals surface area contributed by atoms with Crippen LogP contribution >= 0.6 is 0 Å². The Balaban J connectivity index is 2.32. The van der Waals surface area contributed by atoms with Crippen molar-refractivity contribution in [2.24, 2.45) is 5.92 Å². The van der Waals surface area contributed by atoms with Crippen molar-refractivity contribution in [1.82, 2.24) is 15.0 Å². The van der Waals surface area contributed by atoms with E-state index in [4.69, 9.17) is 0 Å². The lowest BCUT2D eigenvalue weighted by molar-refractivity contribution is 0.259. The summed E-state index contributed by atoms with van der Waals surface area (Å²) in [7, 11) is -1.93. The molecule has 0 aliphatic rings. The van der Waals surface area contributed by atoms with Crippen LogP contribution in [0.25, 0.3) is 0 Å². The van der Waals surface area contributed by atoms with Crippen LogP contribution in [-0.2, 0) is 16.6 Å². The molecule has 0 radical (unpaired) electrons. The number of halogens is 1. The molecule has 160 valence electrons. The summed E-state index contributed by atoms with van der Waals surface area (Å²) in [5.74, 6) is 0.141. The van der Waals surface area contributed by atoms with Crippen molar-refractivity contribution in [2.45, 2.75) is 32.9 Å². The minimum absolute atomic E-state index is 0.116. The number of para-hydroxylation sites is 1. The number of aliphatic hydroxyl groups is 1. The summed E-state index contributed by atoms with van der Waals surface area (Å²) in [6.07, 6.45) is 1.66. The molecule has 0 aliphatic heterocycles. The Morgan fingerprint density at radius 1 is 1.17 bits per heavy atom. The molecule has 0 saturated carbocycles. The fraction of sp³-hybridized carbons (Fsp3) is 0.500. The van der Waals surface area contributed by atoms with Gasteiger partial charge in [-0.05, 0) is 24.5 Å². The van der Waals surface area contributed by atoms with Crippen LogP contribution in [0.15, 0.2) is 24.3 Å². The van der Waals surface area contributed by atoms with E-state index < -0.39 is 15.8 Å². The molecule has 0 unspecified atom stereocenters. The summed E-state index contributed by atoms with van der Waals surface area (Å²) >= 11 is 0. The van der Waals surface area contributed by atoms with Gasteiger partial charge in [0.25, 0.3) is 0 Å². The van der Waals surface area contributed by atoms with Crippen molar-refractivity contribution < 1.29 is 17.9 Å². The van der Waals surface area contributed by atoms with Crippen LogP contribution in [0.3, 0.4) is 0 Å². The summed E-state index contributed by atoms with van der Waals surface area (Å²) in [4.78, 5) is 14.1. The zero-order valence-corrected chi connectivity index (χ0v) is 17.7. The second-order valence-electron chi connectivity index (χ2n) is 7.23. The summed E-state index contributed by atoms with van der Waals surface area (Å²) in [6.45, 7) is 4.01. The Bertz CT molecular complexity index is 926.